The summed E-state index contributed by atoms with van der Waals surface area (Å²) in [5, 5.41) is 9.15. The lowest BCUT2D eigenvalue weighted by Crippen LogP contribution is -2.41. The molecule has 0 aromatic heterocycles. The standard InChI is InChI=1S/C14H21FN2O/c1-16(2)12-5-7-17(8-6-12)10-11-3-4-14(18)13(15)9-11/h3-4,9,12,18H,5-8,10H2,1-2H3. The Labute approximate surface area is 108 Å². The smallest absolute Gasteiger partial charge is 0.165 e. The number of benzene rings is 1. The van der Waals surface area contributed by atoms with Crippen molar-refractivity contribution in [3.8, 4) is 5.75 Å². The molecular weight excluding hydrogens is 231 g/mol. The van der Waals surface area contributed by atoms with Crippen LogP contribution >= 0.6 is 0 Å². The molecule has 1 aromatic carbocycles. The van der Waals surface area contributed by atoms with E-state index in [9.17, 15) is 4.39 Å². The van der Waals surface area contributed by atoms with Gasteiger partial charge in [-0.25, -0.2) is 4.39 Å². The molecule has 0 radical (unpaired) electrons. The Morgan fingerprint density at radius 1 is 1.33 bits per heavy atom. The minimum absolute atomic E-state index is 0.273. The summed E-state index contributed by atoms with van der Waals surface area (Å²) in [4.78, 5) is 4.61. The maximum Gasteiger partial charge on any atom is 0.165 e. The van der Waals surface area contributed by atoms with Crippen LogP contribution in [-0.2, 0) is 6.54 Å². The number of rotatable bonds is 3. The van der Waals surface area contributed by atoms with Crippen molar-refractivity contribution in [2.45, 2.75) is 25.4 Å². The Kier molecular flexibility index (Phi) is 4.19. The van der Waals surface area contributed by atoms with Gasteiger partial charge >= 0.3 is 0 Å². The van der Waals surface area contributed by atoms with Crippen LogP contribution in [-0.4, -0.2) is 48.1 Å². The predicted octanol–water partition coefficient (Wildman–Crippen LogP) is 2.06. The Balaban J connectivity index is 1.89. The predicted molar refractivity (Wildman–Crippen MR) is 70.1 cm³/mol. The minimum atomic E-state index is -0.532. The van der Waals surface area contributed by atoms with Gasteiger partial charge in [0.05, 0.1) is 0 Å². The lowest BCUT2D eigenvalue weighted by atomic mass is 10.0. The van der Waals surface area contributed by atoms with Crippen LogP contribution < -0.4 is 0 Å². The number of phenolic OH excluding ortho intramolecular Hbond substituents is 1. The summed E-state index contributed by atoms with van der Waals surface area (Å²) in [6.45, 7) is 2.86. The summed E-state index contributed by atoms with van der Waals surface area (Å²) in [5.74, 6) is -0.805. The van der Waals surface area contributed by atoms with E-state index in [2.05, 4.69) is 23.9 Å². The summed E-state index contributed by atoms with van der Waals surface area (Å²) in [5.41, 5.74) is 0.925. The largest absolute Gasteiger partial charge is 0.505 e. The fourth-order valence-corrected chi connectivity index (χ4v) is 2.50. The first kappa shape index (κ1) is 13.3. The average molecular weight is 252 g/mol. The number of phenols is 1. The van der Waals surface area contributed by atoms with Crippen molar-refractivity contribution in [2.75, 3.05) is 27.2 Å². The van der Waals surface area contributed by atoms with Crippen LogP contribution in [0.1, 0.15) is 18.4 Å². The first-order valence-corrected chi connectivity index (χ1v) is 6.42. The second kappa shape index (κ2) is 5.67. The quantitative estimate of drug-likeness (QED) is 0.892. The third-order valence-corrected chi connectivity index (χ3v) is 3.71. The molecule has 1 heterocycles. The number of likely N-dealkylation sites (tertiary alicyclic amines) is 1. The van der Waals surface area contributed by atoms with Crippen LogP contribution in [0.15, 0.2) is 18.2 Å². The molecule has 0 spiro atoms. The highest BCUT2D eigenvalue weighted by Crippen LogP contribution is 2.20. The van der Waals surface area contributed by atoms with E-state index in [-0.39, 0.29) is 5.75 Å². The number of piperidine rings is 1. The molecule has 4 heteroatoms. The van der Waals surface area contributed by atoms with Gasteiger partial charge in [0.25, 0.3) is 0 Å². The monoisotopic (exact) mass is 252 g/mol. The third-order valence-electron chi connectivity index (χ3n) is 3.71. The zero-order chi connectivity index (χ0) is 13.1. The Morgan fingerprint density at radius 2 is 2.00 bits per heavy atom. The molecule has 1 saturated heterocycles. The van der Waals surface area contributed by atoms with Crippen molar-refractivity contribution in [2.24, 2.45) is 0 Å². The molecule has 3 nitrogen and oxygen atoms in total. The molecule has 0 bridgehead atoms. The van der Waals surface area contributed by atoms with Gasteiger partial charge < -0.3 is 10.0 Å². The summed E-state index contributed by atoms with van der Waals surface area (Å²) in [6.07, 6.45) is 2.32. The van der Waals surface area contributed by atoms with Crippen molar-refractivity contribution in [3.63, 3.8) is 0 Å². The molecule has 1 aliphatic heterocycles. The molecule has 1 aliphatic rings. The number of halogens is 1. The normalized spacial score (nSPS) is 18.4. The van der Waals surface area contributed by atoms with E-state index >= 15 is 0 Å². The zero-order valence-electron chi connectivity index (χ0n) is 11.1. The van der Waals surface area contributed by atoms with Crippen molar-refractivity contribution in [1.29, 1.82) is 0 Å². The fourth-order valence-electron chi connectivity index (χ4n) is 2.50. The Morgan fingerprint density at radius 3 is 2.56 bits per heavy atom. The molecule has 0 unspecified atom stereocenters. The summed E-state index contributed by atoms with van der Waals surface area (Å²) in [6, 6.07) is 5.30. The van der Waals surface area contributed by atoms with E-state index in [0.717, 1.165) is 38.0 Å². The van der Waals surface area contributed by atoms with Crippen LogP contribution in [0.2, 0.25) is 0 Å². The molecule has 2 rings (SSSR count). The van der Waals surface area contributed by atoms with Gasteiger partial charge in [-0.15, -0.1) is 0 Å². The van der Waals surface area contributed by atoms with Gasteiger partial charge in [-0.1, -0.05) is 6.07 Å². The first-order chi connectivity index (χ1) is 8.56. The molecule has 1 aromatic rings. The fraction of sp³-hybridized carbons (Fsp3) is 0.571. The van der Waals surface area contributed by atoms with Gasteiger partial charge in [-0.05, 0) is 57.7 Å². The van der Waals surface area contributed by atoms with Gasteiger partial charge in [0, 0.05) is 12.6 Å². The third kappa shape index (κ3) is 3.21. The molecule has 0 saturated carbocycles. The lowest BCUT2D eigenvalue weighted by Gasteiger charge is -2.35. The van der Waals surface area contributed by atoms with Crippen molar-refractivity contribution in [3.05, 3.63) is 29.6 Å². The van der Waals surface area contributed by atoms with Crippen LogP contribution in [0.4, 0.5) is 4.39 Å². The molecule has 18 heavy (non-hydrogen) atoms. The van der Waals surface area contributed by atoms with Gasteiger partial charge in [0.1, 0.15) is 0 Å². The number of nitrogens with zero attached hydrogens (tertiary/aromatic N) is 2. The van der Waals surface area contributed by atoms with Crippen molar-refractivity contribution < 1.29 is 9.50 Å². The first-order valence-electron chi connectivity index (χ1n) is 6.42. The van der Waals surface area contributed by atoms with E-state index in [0.29, 0.717) is 6.04 Å². The summed E-state index contributed by atoms with van der Waals surface area (Å²) < 4.78 is 13.2. The maximum atomic E-state index is 13.2. The van der Waals surface area contributed by atoms with Gasteiger partial charge in [0.2, 0.25) is 0 Å². The van der Waals surface area contributed by atoms with Crippen molar-refractivity contribution >= 4 is 0 Å². The van der Waals surface area contributed by atoms with Gasteiger partial charge in [0.15, 0.2) is 11.6 Å². The van der Waals surface area contributed by atoms with E-state index in [1.54, 1.807) is 6.07 Å². The van der Waals surface area contributed by atoms with Gasteiger partial charge in [-0.2, -0.15) is 0 Å². The van der Waals surface area contributed by atoms with E-state index in [1.165, 1.54) is 12.1 Å². The van der Waals surface area contributed by atoms with Gasteiger partial charge in [-0.3, -0.25) is 4.90 Å². The molecular formula is C14H21FN2O. The zero-order valence-corrected chi connectivity index (χ0v) is 11.1. The van der Waals surface area contributed by atoms with E-state index in [4.69, 9.17) is 5.11 Å². The van der Waals surface area contributed by atoms with Crippen LogP contribution in [0, 0.1) is 5.82 Å². The van der Waals surface area contributed by atoms with Crippen LogP contribution in [0.25, 0.3) is 0 Å². The summed E-state index contributed by atoms with van der Waals surface area (Å²) in [7, 11) is 4.24. The molecule has 0 aliphatic carbocycles. The highest BCUT2D eigenvalue weighted by Gasteiger charge is 2.20. The molecule has 100 valence electrons. The van der Waals surface area contributed by atoms with Crippen LogP contribution in [0.5, 0.6) is 5.75 Å². The second-order valence-electron chi connectivity index (χ2n) is 5.26. The SMILES string of the molecule is CN(C)C1CCN(Cc2ccc(O)c(F)c2)CC1. The number of aromatic hydroxyl groups is 1. The highest BCUT2D eigenvalue weighted by molar-refractivity contribution is 5.27. The molecule has 1 N–H and O–H groups in total. The summed E-state index contributed by atoms with van der Waals surface area (Å²) >= 11 is 0. The Bertz CT molecular complexity index is 401. The molecule has 0 atom stereocenters. The van der Waals surface area contributed by atoms with Crippen molar-refractivity contribution in [1.82, 2.24) is 9.80 Å². The molecule has 1 fully saturated rings. The second-order valence-corrected chi connectivity index (χ2v) is 5.26. The minimum Gasteiger partial charge on any atom is -0.505 e. The van der Waals surface area contributed by atoms with E-state index < -0.39 is 5.82 Å². The number of hydrogen-bond acceptors (Lipinski definition) is 3. The number of hydrogen-bond donors (Lipinski definition) is 1. The molecule has 0 amide bonds. The van der Waals surface area contributed by atoms with E-state index in [1.807, 2.05) is 0 Å². The lowest BCUT2D eigenvalue weighted by molar-refractivity contribution is 0.140. The highest BCUT2D eigenvalue weighted by atomic mass is 19.1. The average Bonchev–Trinajstić information content (AvgIpc) is 2.34. The topological polar surface area (TPSA) is 26.7 Å². The Hall–Kier alpha value is -1.13. The maximum absolute atomic E-state index is 13.2. The van der Waals surface area contributed by atoms with Crippen LogP contribution in [0.3, 0.4) is 0 Å².